The molecule has 1 aliphatic heterocycles. The summed E-state index contributed by atoms with van der Waals surface area (Å²) in [5, 5.41) is 4.90. The number of nitrogens with zero attached hydrogens (tertiary/aromatic N) is 2. The molecule has 0 aromatic heterocycles. The van der Waals surface area contributed by atoms with Crippen molar-refractivity contribution in [2.45, 2.75) is 45.7 Å². The molecule has 3 aromatic rings. The molecule has 0 bridgehead atoms. The van der Waals surface area contributed by atoms with Gasteiger partial charge in [-0.1, -0.05) is 43.3 Å². The van der Waals surface area contributed by atoms with Gasteiger partial charge in [0.15, 0.2) is 0 Å². The van der Waals surface area contributed by atoms with Crippen LogP contribution in [-0.2, 0) is 16.1 Å². The van der Waals surface area contributed by atoms with Gasteiger partial charge in [-0.05, 0) is 55.0 Å². The third-order valence-electron chi connectivity index (χ3n) is 6.65. The second kappa shape index (κ2) is 11.2. The lowest BCUT2D eigenvalue weighted by molar-refractivity contribution is -0.140. The Morgan fingerprint density at radius 1 is 1.06 bits per heavy atom. The molecule has 188 valence electrons. The minimum Gasteiger partial charge on any atom is -0.497 e. The number of nitrogens with one attached hydrogen (secondary N) is 1. The van der Waals surface area contributed by atoms with Gasteiger partial charge in [0.2, 0.25) is 11.8 Å². The summed E-state index contributed by atoms with van der Waals surface area (Å²) >= 11 is 0. The minimum absolute atomic E-state index is 0.0309. The fraction of sp³-hybridized carbons (Fsp3) is 0.345. The first kappa shape index (κ1) is 25.2. The number of carbonyl (C=O) groups is 3. The second-order valence-corrected chi connectivity index (χ2v) is 9.08. The van der Waals surface area contributed by atoms with Gasteiger partial charge < -0.3 is 19.9 Å². The Balaban J connectivity index is 1.45. The zero-order valence-corrected chi connectivity index (χ0v) is 21.1. The lowest BCUT2D eigenvalue weighted by Gasteiger charge is -2.29. The first-order chi connectivity index (χ1) is 17.4. The Bertz CT molecular complexity index is 1250. The molecule has 0 spiro atoms. The second-order valence-electron chi connectivity index (χ2n) is 9.08. The van der Waals surface area contributed by atoms with Crippen LogP contribution in [-0.4, -0.2) is 48.9 Å². The van der Waals surface area contributed by atoms with Crippen LogP contribution in [0.25, 0.3) is 10.8 Å². The molecule has 36 heavy (non-hydrogen) atoms. The quantitative estimate of drug-likeness (QED) is 0.431. The fourth-order valence-corrected chi connectivity index (χ4v) is 4.64. The van der Waals surface area contributed by atoms with Gasteiger partial charge >= 0.3 is 0 Å². The van der Waals surface area contributed by atoms with E-state index in [4.69, 9.17) is 4.74 Å². The Morgan fingerprint density at radius 3 is 2.47 bits per heavy atom. The molecule has 1 N–H and O–H groups in total. The van der Waals surface area contributed by atoms with Crippen molar-refractivity contribution >= 4 is 34.2 Å². The van der Waals surface area contributed by atoms with Gasteiger partial charge in [-0.15, -0.1) is 0 Å². The fourth-order valence-electron chi connectivity index (χ4n) is 4.64. The standard InChI is InChI=1S/C29H33N3O4/c1-4-17-30-28(34)20(2)32(19-21-13-15-23(36-3)16-14-21)26(33)12-7-18-31-25-11-6-9-22-8-5-10-24(27(22)25)29(31)35/h5-6,8-11,13-16,20H,4,7,12,17-19H2,1-3H3,(H,30,34). The average Bonchev–Trinajstić information content (AvgIpc) is 3.18. The smallest absolute Gasteiger partial charge is 0.258 e. The van der Waals surface area contributed by atoms with Crippen LogP contribution in [0.15, 0.2) is 60.7 Å². The maximum atomic E-state index is 13.4. The van der Waals surface area contributed by atoms with E-state index in [1.54, 1.807) is 23.8 Å². The van der Waals surface area contributed by atoms with Crippen LogP contribution in [0, 0.1) is 0 Å². The van der Waals surface area contributed by atoms with E-state index in [1.165, 1.54) is 0 Å². The predicted octanol–water partition coefficient (Wildman–Crippen LogP) is 4.53. The van der Waals surface area contributed by atoms with Crippen LogP contribution < -0.4 is 15.0 Å². The number of amides is 3. The summed E-state index contributed by atoms with van der Waals surface area (Å²) in [4.78, 5) is 42.5. The Labute approximate surface area is 212 Å². The molecule has 3 amide bonds. The van der Waals surface area contributed by atoms with E-state index >= 15 is 0 Å². The van der Waals surface area contributed by atoms with E-state index in [1.807, 2.05) is 67.6 Å². The largest absolute Gasteiger partial charge is 0.497 e. The molecule has 1 heterocycles. The van der Waals surface area contributed by atoms with Crippen LogP contribution in [0.3, 0.4) is 0 Å². The molecule has 0 saturated heterocycles. The zero-order valence-electron chi connectivity index (χ0n) is 21.1. The molecule has 0 saturated carbocycles. The van der Waals surface area contributed by atoms with E-state index in [2.05, 4.69) is 5.32 Å². The van der Waals surface area contributed by atoms with E-state index in [-0.39, 0.29) is 24.1 Å². The number of methoxy groups -OCH3 is 1. The van der Waals surface area contributed by atoms with Gasteiger partial charge in [0.05, 0.1) is 12.8 Å². The number of benzene rings is 3. The molecule has 1 unspecified atom stereocenters. The summed E-state index contributed by atoms with van der Waals surface area (Å²) in [5.74, 6) is 0.413. The monoisotopic (exact) mass is 487 g/mol. The molecule has 0 fully saturated rings. The average molecular weight is 488 g/mol. The van der Waals surface area contributed by atoms with E-state index < -0.39 is 6.04 Å². The summed E-state index contributed by atoms with van der Waals surface area (Å²) in [7, 11) is 1.61. The van der Waals surface area contributed by atoms with Crippen LogP contribution in [0.2, 0.25) is 0 Å². The molecule has 1 aliphatic rings. The number of hydrogen-bond donors (Lipinski definition) is 1. The van der Waals surface area contributed by atoms with Crippen molar-refractivity contribution in [1.29, 1.82) is 0 Å². The molecule has 4 rings (SSSR count). The van der Waals surface area contributed by atoms with Crippen molar-refractivity contribution in [1.82, 2.24) is 10.2 Å². The van der Waals surface area contributed by atoms with Crippen molar-refractivity contribution < 1.29 is 19.1 Å². The minimum atomic E-state index is -0.613. The van der Waals surface area contributed by atoms with Crippen LogP contribution in [0.5, 0.6) is 5.75 Å². The molecule has 7 heteroatoms. The SMILES string of the molecule is CCCNC(=O)C(C)N(Cc1ccc(OC)cc1)C(=O)CCCN1C(=O)c2cccc3cccc1c23. The maximum Gasteiger partial charge on any atom is 0.258 e. The molecular weight excluding hydrogens is 454 g/mol. The van der Waals surface area contributed by atoms with Gasteiger partial charge in [0, 0.05) is 37.0 Å². The number of hydrogen-bond acceptors (Lipinski definition) is 4. The molecular formula is C29H33N3O4. The highest BCUT2D eigenvalue weighted by Gasteiger charge is 2.30. The zero-order chi connectivity index (χ0) is 25.7. The Hall–Kier alpha value is -3.87. The van der Waals surface area contributed by atoms with Crippen molar-refractivity contribution in [2.24, 2.45) is 0 Å². The van der Waals surface area contributed by atoms with Gasteiger partial charge in [-0.2, -0.15) is 0 Å². The summed E-state index contributed by atoms with van der Waals surface area (Å²) in [5.41, 5.74) is 2.51. The molecule has 1 atom stereocenters. The van der Waals surface area contributed by atoms with Gasteiger partial charge in [-0.3, -0.25) is 14.4 Å². The molecule has 7 nitrogen and oxygen atoms in total. The van der Waals surface area contributed by atoms with Gasteiger partial charge in [0.1, 0.15) is 11.8 Å². The highest BCUT2D eigenvalue weighted by molar-refractivity contribution is 6.25. The first-order valence-electron chi connectivity index (χ1n) is 12.5. The highest BCUT2D eigenvalue weighted by Crippen LogP contribution is 2.37. The van der Waals surface area contributed by atoms with E-state index in [0.29, 0.717) is 31.6 Å². The summed E-state index contributed by atoms with van der Waals surface area (Å²) in [6, 6.07) is 18.5. The highest BCUT2D eigenvalue weighted by atomic mass is 16.5. The third kappa shape index (κ3) is 5.20. The number of rotatable bonds is 11. The lowest BCUT2D eigenvalue weighted by atomic mass is 10.1. The van der Waals surface area contributed by atoms with Crippen molar-refractivity contribution in [3.8, 4) is 5.75 Å². The summed E-state index contributed by atoms with van der Waals surface area (Å²) in [6.45, 7) is 5.07. The summed E-state index contributed by atoms with van der Waals surface area (Å²) < 4.78 is 5.23. The van der Waals surface area contributed by atoms with Crippen LogP contribution in [0.1, 0.15) is 49.0 Å². The number of carbonyl (C=O) groups excluding carboxylic acids is 3. The van der Waals surface area contributed by atoms with Crippen molar-refractivity contribution in [3.05, 3.63) is 71.8 Å². The first-order valence-corrected chi connectivity index (χ1v) is 12.5. The summed E-state index contributed by atoms with van der Waals surface area (Å²) in [6.07, 6.45) is 1.55. The van der Waals surface area contributed by atoms with E-state index in [0.717, 1.165) is 34.2 Å². The molecule has 3 aromatic carbocycles. The topological polar surface area (TPSA) is 79.0 Å². The molecule has 0 aliphatic carbocycles. The number of ether oxygens (including phenoxy) is 1. The Morgan fingerprint density at radius 2 is 1.78 bits per heavy atom. The van der Waals surface area contributed by atoms with Crippen molar-refractivity contribution in [3.63, 3.8) is 0 Å². The normalized spacial score (nSPS) is 13.1. The Kier molecular flexibility index (Phi) is 7.88. The van der Waals surface area contributed by atoms with Gasteiger partial charge in [-0.25, -0.2) is 0 Å². The van der Waals surface area contributed by atoms with Gasteiger partial charge in [0.25, 0.3) is 5.91 Å². The predicted molar refractivity (Wildman–Crippen MR) is 141 cm³/mol. The number of anilines is 1. The maximum absolute atomic E-state index is 13.4. The van der Waals surface area contributed by atoms with Crippen molar-refractivity contribution in [2.75, 3.05) is 25.1 Å². The third-order valence-corrected chi connectivity index (χ3v) is 6.65. The lowest BCUT2D eigenvalue weighted by Crippen LogP contribution is -2.47. The molecule has 0 radical (unpaired) electrons. The van der Waals surface area contributed by atoms with Crippen LogP contribution >= 0.6 is 0 Å². The van der Waals surface area contributed by atoms with Crippen LogP contribution in [0.4, 0.5) is 5.69 Å². The van der Waals surface area contributed by atoms with E-state index in [9.17, 15) is 14.4 Å².